The summed E-state index contributed by atoms with van der Waals surface area (Å²) < 4.78 is 28.3. The molecule has 0 unspecified atom stereocenters. The van der Waals surface area contributed by atoms with Gasteiger partial charge in [0, 0.05) is 17.4 Å². The molecule has 20 heavy (non-hydrogen) atoms. The fourth-order valence-corrected chi connectivity index (χ4v) is 2.67. The summed E-state index contributed by atoms with van der Waals surface area (Å²) in [5, 5.41) is 14.7. The van der Waals surface area contributed by atoms with Gasteiger partial charge in [-0.2, -0.15) is 5.10 Å². The highest BCUT2D eigenvalue weighted by Crippen LogP contribution is 2.31. The summed E-state index contributed by atoms with van der Waals surface area (Å²) in [4.78, 5) is 3.78. The average molecular weight is 317 g/mol. The Hall–Kier alpha value is -1.12. The number of rotatable bonds is 6. The van der Waals surface area contributed by atoms with Crippen molar-refractivity contribution < 1.29 is 13.9 Å². The molecular formula is C12H13F2N3OS2. The fourth-order valence-electron chi connectivity index (χ4n) is 1.96. The molecule has 0 saturated carbocycles. The van der Waals surface area contributed by atoms with Crippen molar-refractivity contribution in [2.45, 2.75) is 18.6 Å². The van der Waals surface area contributed by atoms with Crippen molar-refractivity contribution in [3.8, 4) is 0 Å². The van der Waals surface area contributed by atoms with Crippen LogP contribution in [0.2, 0.25) is 0 Å². The van der Waals surface area contributed by atoms with E-state index in [1.54, 1.807) is 0 Å². The minimum Gasteiger partial charge on any atom is -0.383 e. The van der Waals surface area contributed by atoms with Gasteiger partial charge in [-0.1, -0.05) is 16.9 Å². The number of aliphatic hydroxyl groups is 1. The second-order valence-corrected chi connectivity index (χ2v) is 5.77. The Labute approximate surface area is 124 Å². The summed E-state index contributed by atoms with van der Waals surface area (Å²) in [6, 6.07) is 3.14. The third kappa shape index (κ3) is 3.50. The van der Waals surface area contributed by atoms with Crippen LogP contribution in [0, 0.1) is 11.6 Å². The smallest absolute Gasteiger partial charge is 0.137 e. The zero-order chi connectivity index (χ0) is 14.6. The van der Waals surface area contributed by atoms with Crippen molar-refractivity contribution in [3.63, 3.8) is 0 Å². The molecule has 108 valence electrons. The predicted molar refractivity (Wildman–Crippen MR) is 76.3 cm³/mol. The van der Waals surface area contributed by atoms with E-state index in [1.807, 2.05) is 0 Å². The Morgan fingerprint density at radius 2 is 2.20 bits per heavy atom. The lowest BCUT2D eigenvalue weighted by molar-refractivity contribution is 0.00880. The maximum atomic E-state index is 13.9. The van der Waals surface area contributed by atoms with Gasteiger partial charge < -0.3 is 5.11 Å². The summed E-state index contributed by atoms with van der Waals surface area (Å²) in [7, 11) is 1.24. The van der Waals surface area contributed by atoms with Gasteiger partial charge in [-0.3, -0.25) is 0 Å². The van der Waals surface area contributed by atoms with Crippen LogP contribution >= 0.6 is 22.5 Å². The zero-order valence-corrected chi connectivity index (χ0v) is 12.1. The molecule has 0 aliphatic rings. The number of hydrogen-bond acceptors (Lipinski definition) is 5. The monoisotopic (exact) mass is 317 g/mol. The maximum absolute atomic E-state index is 13.9. The van der Waals surface area contributed by atoms with Crippen molar-refractivity contribution in [1.82, 2.24) is 14.8 Å². The van der Waals surface area contributed by atoms with E-state index in [1.165, 1.54) is 34.2 Å². The van der Waals surface area contributed by atoms with E-state index in [0.29, 0.717) is 5.75 Å². The molecule has 0 aliphatic heterocycles. The first-order chi connectivity index (χ1) is 9.55. The number of nitrogens with zero attached hydrogens (tertiary/aromatic N) is 3. The lowest BCUT2D eigenvalue weighted by Gasteiger charge is -2.28. The first kappa shape index (κ1) is 15.3. The number of halogens is 2. The van der Waals surface area contributed by atoms with Crippen molar-refractivity contribution in [1.29, 1.82) is 0 Å². The van der Waals surface area contributed by atoms with Gasteiger partial charge in [0.2, 0.25) is 0 Å². The van der Waals surface area contributed by atoms with E-state index in [2.05, 4.69) is 21.7 Å². The number of benzene rings is 1. The van der Waals surface area contributed by atoms with Gasteiger partial charge >= 0.3 is 0 Å². The summed E-state index contributed by atoms with van der Waals surface area (Å²) in [5.74, 6) is -0.958. The lowest BCUT2D eigenvalue weighted by atomic mass is 9.90. The minimum atomic E-state index is -1.50. The largest absolute Gasteiger partial charge is 0.383 e. The van der Waals surface area contributed by atoms with E-state index in [-0.39, 0.29) is 18.5 Å². The first-order valence-corrected chi connectivity index (χ1v) is 7.85. The summed E-state index contributed by atoms with van der Waals surface area (Å²) >= 11 is 4.02. The highest BCUT2D eigenvalue weighted by molar-refractivity contribution is 8.68. The van der Waals surface area contributed by atoms with Gasteiger partial charge in [0.05, 0.1) is 6.54 Å². The molecule has 0 saturated heterocycles. The fraction of sp³-hybridized carbons (Fsp3) is 0.333. The van der Waals surface area contributed by atoms with Crippen LogP contribution in [0.25, 0.3) is 0 Å². The van der Waals surface area contributed by atoms with E-state index in [9.17, 15) is 13.9 Å². The van der Waals surface area contributed by atoms with Gasteiger partial charge in [0.1, 0.15) is 29.9 Å². The Morgan fingerprint density at radius 3 is 2.80 bits per heavy atom. The predicted octanol–water partition coefficient (Wildman–Crippen LogP) is 2.41. The first-order valence-electron chi connectivity index (χ1n) is 5.82. The Kier molecular flexibility index (Phi) is 5.00. The molecule has 1 atom stereocenters. The normalized spacial score (nSPS) is 14.2. The van der Waals surface area contributed by atoms with E-state index in [0.717, 1.165) is 12.1 Å². The van der Waals surface area contributed by atoms with Crippen LogP contribution in [0.3, 0.4) is 0 Å². The molecule has 0 bridgehead atoms. The second kappa shape index (κ2) is 6.55. The Bertz CT molecular complexity index is 568. The summed E-state index contributed by atoms with van der Waals surface area (Å²) in [6.45, 7) is 0.0316. The SMILES string of the molecule is O[C@@](CCSS)(Cn1cncn1)c1ccc(F)cc1F. The molecule has 1 aromatic carbocycles. The standard InChI is InChI=1S/C12H13F2N3OS2/c13-9-1-2-10(11(14)5-9)12(18,3-4-20-19)6-17-8-15-7-16-17/h1-2,5,7-8,18-19H,3-4,6H2/t12-/m0/s1. The van der Waals surface area contributed by atoms with Crippen molar-refractivity contribution in [2.75, 3.05) is 5.75 Å². The molecule has 0 aliphatic carbocycles. The van der Waals surface area contributed by atoms with Gasteiger partial charge in [-0.15, -0.1) is 11.7 Å². The Balaban J connectivity index is 2.34. The third-order valence-electron chi connectivity index (χ3n) is 2.93. The topological polar surface area (TPSA) is 50.9 Å². The van der Waals surface area contributed by atoms with Crippen molar-refractivity contribution in [2.24, 2.45) is 0 Å². The highest BCUT2D eigenvalue weighted by atomic mass is 33.1. The number of thiol groups is 1. The highest BCUT2D eigenvalue weighted by Gasteiger charge is 2.33. The van der Waals surface area contributed by atoms with E-state index >= 15 is 0 Å². The second-order valence-electron chi connectivity index (χ2n) is 4.33. The van der Waals surface area contributed by atoms with Crippen LogP contribution in [0.1, 0.15) is 12.0 Å². The molecule has 2 rings (SSSR count). The van der Waals surface area contributed by atoms with E-state index in [4.69, 9.17) is 0 Å². The molecule has 2 aromatic rings. The van der Waals surface area contributed by atoms with Crippen molar-refractivity contribution >= 4 is 22.5 Å². The van der Waals surface area contributed by atoms with Gasteiger partial charge in [-0.25, -0.2) is 18.4 Å². The van der Waals surface area contributed by atoms with E-state index < -0.39 is 17.2 Å². The maximum Gasteiger partial charge on any atom is 0.137 e. The molecule has 0 spiro atoms. The molecule has 8 heteroatoms. The molecule has 1 heterocycles. The molecule has 4 nitrogen and oxygen atoms in total. The summed E-state index contributed by atoms with van der Waals surface area (Å²) in [5.41, 5.74) is -1.46. The molecule has 1 aromatic heterocycles. The quantitative estimate of drug-likeness (QED) is 0.634. The zero-order valence-electron chi connectivity index (χ0n) is 10.4. The van der Waals surface area contributed by atoms with Crippen molar-refractivity contribution in [3.05, 3.63) is 48.1 Å². The molecule has 0 amide bonds. The number of aromatic nitrogens is 3. The van der Waals surface area contributed by atoms with Crippen LogP contribution in [0.15, 0.2) is 30.9 Å². The van der Waals surface area contributed by atoms with Gasteiger partial charge in [-0.05, 0) is 12.5 Å². The lowest BCUT2D eigenvalue weighted by Crippen LogP contribution is -2.33. The number of hydrogen-bond donors (Lipinski definition) is 2. The molecule has 0 fully saturated rings. The minimum absolute atomic E-state index is 0.0316. The van der Waals surface area contributed by atoms with Gasteiger partial charge in [0.15, 0.2) is 0 Å². The van der Waals surface area contributed by atoms with Crippen LogP contribution in [-0.2, 0) is 12.1 Å². The molecule has 0 radical (unpaired) electrons. The van der Waals surface area contributed by atoms with Crippen LogP contribution in [-0.4, -0.2) is 25.6 Å². The van der Waals surface area contributed by atoms with Gasteiger partial charge in [0.25, 0.3) is 0 Å². The average Bonchev–Trinajstić information content (AvgIpc) is 2.88. The van der Waals surface area contributed by atoms with Crippen LogP contribution in [0.4, 0.5) is 8.78 Å². The molecule has 1 N–H and O–H groups in total. The molecular weight excluding hydrogens is 304 g/mol. The Morgan fingerprint density at radius 1 is 1.40 bits per heavy atom. The van der Waals surface area contributed by atoms with Crippen LogP contribution < -0.4 is 0 Å². The van der Waals surface area contributed by atoms with Crippen LogP contribution in [0.5, 0.6) is 0 Å². The summed E-state index contributed by atoms with van der Waals surface area (Å²) in [6.07, 6.45) is 3.01. The third-order valence-corrected chi connectivity index (χ3v) is 3.86.